The number of hydrogen-bond acceptors (Lipinski definition) is 5. The molecule has 3 aromatic carbocycles. The maximum atomic E-state index is 13.4. The van der Waals surface area contributed by atoms with E-state index in [-0.39, 0.29) is 11.4 Å². The molecule has 0 saturated carbocycles. The third-order valence-corrected chi connectivity index (χ3v) is 5.69. The number of oxazole rings is 1. The van der Waals surface area contributed by atoms with Crippen LogP contribution in [0.25, 0.3) is 27.9 Å². The number of fused-ring (bicyclic) bond motifs is 1. The van der Waals surface area contributed by atoms with Gasteiger partial charge in [0.05, 0.1) is 28.5 Å². The number of thioether (sulfide) groups is 1. The molecule has 0 bridgehead atoms. The predicted octanol–water partition coefficient (Wildman–Crippen LogP) is 5.47. The van der Waals surface area contributed by atoms with E-state index in [1.54, 1.807) is 36.5 Å². The van der Waals surface area contributed by atoms with Crippen molar-refractivity contribution in [2.45, 2.75) is 10.9 Å². The highest BCUT2D eigenvalue weighted by molar-refractivity contribution is 7.98. The Morgan fingerprint density at radius 3 is 2.48 bits per heavy atom. The zero-order valence-electron chi connectivity index (χ0n) is 16.2. The van der Waals surface area contributed by atoms with E-state index in [1.807, 2.05) is 36.4 Å². The molecule has 0 unspecified atom stereocenters. The number of nitrogens with zero attached hydrogens (tertiary/aromatic N) is 3. The molecule has 0 spiro atoms. The maximum Gasteiger partial charge on any atom is 0.266 e. The lowest BCUT2D eigenvalue weighted by atomic mass is 10.2. The summed E-state index contributed by atoms with van der Waals surface area (Å²) in [4.78, 5) is 22.2. The molecular weight excluding hydrogens is 413 g/mol. The molecule has 0 radical (unpaired) electrons. The maximum absolute atomic E-state index is 13.4. The molecule has 0 aliphatic heterocycles. The average Bonchev–Trinajstić information content (AvgIpc) is 3.28. The third kappa shape index (κ3) is 3.87. The van der Waals surface area contributed by atoms with E-state index in [1.165, 1.54) is 28.5 Å². The second-order valence-electron chi connectivity index (χ2n) is 6.80. The lowest BCUT2D eigenvalue weighted by molar-refractivity contribution is 0.529. The predicted molar refractivity (Wildman–Crippen MR) is 119 cm³/mol. The van der Waals surface area contributed by atoms with Gasteiger partial charge in [0.2, 0.25) is 5.89 Å². The first-order valence-electron chi connectivity index (χ1n) is 9.60. The van der Waals surface area contributed by atoms with Crippen molar-refractivity contribution >= 4 is 22.7 Å². The van der Waals surface area contributed by atoms with Crippen LogP contribution in [0.1, 0.15) is 5.89 Å². The molecule has 0 amide bonds. The molecule has 5 aromatic rings. The van der Waals surface area contributed by atoms with Crippen LogP contribution in [-0.2, 0) is 5.75 Å². The van der Waals surface area contributed by atoms with Crippen molar-refractivity contribution in [3.63, 3.8) is 0 Å². The lowest BCUT2D eigenvalue weighted by Gasteiger charge is -2.12. The fourth-order valence-electron chi connectivity index (χ4n) is 3.27. The van der Waals surface area contributed by atoms with Crippen LogP contribution in [0.5, 0.6) is 0 Å². The summed E-state index contributed by atoms with van der Waals surface area (Å²) >= 11 is 1.34. The van der Waals surface area contributed by atoms with Gasteiger partial charge in [-0.25, -0.2) is 14.4 Å². The molecule has 152 valence electrons. The van der Waals surface area contributed by atoms with Gasteiger partial charge in [0.25, 0.3) is 5.56 Å². The Hall–Kier alpha value is -3.71. The normalized spacial score (nSPS) is 11.1. The first-order valence-corrected chi connectivity index (χ1v) is 10.6. The Labute approximate surface area is 181 Å². The molecule has 0 atom stereocenters. The number of para-hydroxylation sites is 1. The second-order valence-corrected chi connectivity index (χ2v) is 7.74. The zero-order chi connectivity index (χ0) is 21.2. The standard InChI is InChI=1S/C24H16FN3O2S/c25-17-10-12-18(13-11-17)28-23(29)19-8-4-5-9-20(19)27-24(28)31-15-22-26-14-21(30-22)16-6-2-1-3-7-16/h1-14H,15H2. The van der Waals surface area contributed by atoms with E-state index in [0.717, 1.165) is 5.56 Å². The Bertz CT molecular complexity index is 1410. The number of hydrogen-bond donors (Lipinski definition) is 0. The van der Waals surface area contributed by atoms with Crippen molar-refractivity contribution in [3.05, 3.63) is 107 Å². The van der Waals surface area contributed by atoms with Crippen LogP contribution in [0.15, 0.2) is 99.4 Å². The summed E-state index contributed by atoms with van der Waals surface area (Å²) in [5, 5.41) is 0.980. The van der Waals surface area contributed by atoms with Crippen LogP contribution in [0.2, 0.25) is 0 Å². The molecule has 7 heteroatoms. The summed E-state index contributed by atoms with van der Waals surface area (Å²) < 4.78 is 20.8. The van der Waals surface area contributed by atoms with Crippen molar-refractivity contribution in [2.24, 2.45) is 0 Å². The largest absolute Gasteiger partial charge is 0.440 e. The molecule has 2 aromatic heterocycles. The fourth-order valence-corrected chi connectivity index (χ4v) is 4.13. The van der Waals surface area contributed by atoms with Gasteiger partial charge < -0.3 is 4.42 Å². The summed E-state index contributed by atoms with van der Waals surface area (Å²) in [5.74, 6) is 1.22. The third-order valence-electron chi connectivity index (χ3n) is 4.77. The zero-order valence-corrected chi connectivity index (χ0v) is 17.1. The highest BCUT2D eigenvalue weighted by Crippen LogP contribution is 2.27. The van der Waals surface area contributed by atoms with E-state index >= 15 is 0 Å². The van der Waals surface area contributed by atoms with E-state index < -0.39 is 0 Å². The number of halogens is 1. The Kier molecular flexibility index (Phi) is 5.09. The molecule has 5 rings (SSSR count). The van der Waals surface area contributed by atoms with E-state index in [0.29, 0.717) is 39.2 Å². The summed E-state index contributed by atoms with van der Waals surface area (Å²) in [6.07, 6.45) is 1.69. The smallest absolute Gasteiger partial charge is 0.266 e. The van der Waals surface area contributed by atoms with Gasteiger partial charge in [-0.2, -0.15) is 0 Å². The van der Waals surface area contributed by atoms with Gasteiger partial charge in [-0.1, -0.05) is 54.2 Å². The van der Waals surface area contributed by atoms with Gasteiger partial charge in [-0.3, -0.25) is 9.36 Å². The van der Waals surface area contributed by atoms with Crippen LogP contribution in [-0.4, -0.2) is 14.5 Å². The summed E-state index contributed by atoms with van der Waals surface area (Å²) in [6, 6.07) is 22.7. The Balaban J connectivity index is 1.52. The van der Waals surface area contributed by atoms with Gasteiger partial charge in [-0.05, 0) is 36.4 Å². The summed E-state index contributed by atoms with van der Waals surface area (Å²) in [5.41, 5.74) is 1.88. The number of aromatic nitrogens is 3. The van der Waals surface area contributed by atoms with Crippen LogP contribution in [0.4, 0.5) is 4.39 Å². The van der Waals surface area contributed by atoms with Crippen LogP contribution in [0.3, 0.4) is 0 Å². The Morgan fingerprint density at radius 2 is 1.68 bits per heavy atom. The lowest BCUT2D eigenvalue weighted by Crippen LogP contribution is -2.21. The first kappa shape index (κ1) is 19.3. The minimum Gasteiger partial charge on any atom is -0.440 e. The molecular formula is C24H16FN3O2S. The first-order chi connectivity index (χ1) is 15.2. The van der Waals surface area contributed by atoms with E-state index in [2.05, 4.69) is 9.97 Å². The van der Waals surface area contributed by atoms with Gasteiger partial charge in [0, 0.05) is 5.56 Å². The van der Waals surface area contributed by atoms with E-state index in [9.17, 15) is 9.18 Å². The van der Waals surface area contributed by atoms with Gasteiger partial charge in [0.15, 0.2) is 10.9 Å². The molecule has 0 fully saturated rings. The van der Waals surface area contributed by atoms with Crippen LogP contribution >= 0.6 is 11.8 Å². The number of benzene rings is 3. The fraction of sp³-hybridized carbons (Fsp3) is 0.0417. The molecule has 5 nitrogen and oxygen atoms in total. The van der Waals surface area contributed by atoms with Crippen LogP contribution < -0.4 is 5.56 Å². The SMILES string of the molecule is O=c1c2ccccc2nc(SCc2ncc(-c3ccccc3)o2)n1-c1ccc(F)cc1. The topological polar surface area (TPSA) is 60.9 Å². The molecule has 0 aliphatic rings. The molecule has 31 heavy (non-hydrogen) atoms. The molecule has 0 saturated heterocycles. The second kappa shape index (κ2) is 8.20. The minimum absolute atomic E-state index is 0.211. The number of rotatable bonds is 5. The van der Waals surface area contributed by atoms with Gasteiger partial charge in [0.1, 0.15) is 5.82 Å². The van der Waals surface area contributed by atoms with E-state index in [4.69, 9.17) is 4.42 Å². The minimum atomic E-state index is -0.368. The quantitative estimate of drug-likeness (QED) is 0.274. The van der Waals surface area contributed by atoms with Crippen molar-refractivity contribution in [3.8, 4) is 17.0 Å². The summed E-state index contributed by atoms with van der Waals surface area (Å²) in [6.45, 7) is 0. The highest BCUT2D eigenvalue weighted by Gasteiger charge is 2.15. The molecule has 0 aliphatic carbocycles. The van der Waals surface area contributed by atoms with Crippen LogP contribution in [0, 0.1) is 5.82 Å². The monoisotopic (exact) mass is 429 g/mol. The van der Waals surface area contributed by atoms with Gasteiger partial charge >= 0.3 is 0 Å². The molecule has 0 N–H and O–H groups in total. The summed E-state index contributed by atoms with van der Waals surface area (Å²) in [7, 11) is 0. The Morgan fingerprint density at radius 1 is 0.935 bits per heavy atom. The van der Waals surface area contributed by atoms with Gasteiger partial charge in [-0.15, -0.1) is 0 Å². The van der Waals surface area contributed by atoms with Crippen molar-refractivity contribution in [1.29, 1.82) is 0 Å². The van der Waals surface area contributed by atoms with Crippen molar-refractivity contribution < 1.29 is 8.81 Å². The average molecular weight is 429 g/mol. The van der Waals surface area contributed by atoms with Crippen molar-refractivity contribution in [2.75, 3.05) is 0 Å². The molecule has 2 heterocycles. The highest BCUT2D eigenvalue weighted by atomic mass is 32.2. The van der Waals surface area contributed by atoms with Crippen molar-refractivity contribution in [1.82, 2.24) is 14.5 Å².